The van der Waals surface area contributed by atoms with Crippen molar-refractivity contribution >= 4 is 11.6 Å². The average Bonchev–Trinajstić information content (AvgIpc) is 3.24. The van der Waals surface area contributed by atoms with Crippen molar-refractivity contribution < 1.29 is 9.53 Å². The summed E-state index contributed by atoms with van der Waals surface area (Å²) in [6.45, 7) is 3.94. The summed E-state index contributed by atoms with van der Waals surface area (Å²) in [5.74, 6) is 1.31. The van der Waals surface area contributed by atoms with Crippen LogP contribution in [-0.4, -0.2) is 37.4 Å². The van der Waals surface area contributed by atoms with E-state index >= 15 is 0 Å². The van der Waals surface area contributed by atoms with E-state index in [0.717, 1.165) is 5.56 Å². The minimum absolute atomic E-state index is 0.206. The quantitative estimate of drug-likeness (QED) is 0.446. The first-order valence-electron chi connectivity index (χ1n) is 10.8. The molecule has 0 fully saturated rings. The fraction of sp³-hybridized carbons (Fsp3) is 0.292. The Kier molecular flexibility index (Phi) is 6.48. The van der Waals surface area contributed by atoms with Crippen LogP contribution in [0, 0.1) is 5.92 Å². The van der Waals surface area contributed by atoms with Crippen molar-refractivity contribution in [3.05, 3.63) is 77.0 Å². The Bertz CT molecular complexity index is 1330. The summed E-state index contributed by atoms with van der Waals surface area (Å²) in [6.07, 6.45) is 2.54. The maximum Gasteiger partial charge on any atom is 0.267 e. The molecule has 33 heavy (non-hydrogen) atoms. The van der Waals surface area contributed by atoms with Gasteiger partial charge in [-0.1, -0.05) is 32.0 Å². The molecule has 0 radical (unpaired) electrons. The van der Waals surface area contributed by atoms with Gasteiger partial charge < -0.3 is 10.1 Å². The Labute approximate surface area is 191 Å². The molecule has 1 atom stereocenters. The molecule has 1 unspecified atom stereocenters. The molecule has 4 rings (SSSR count). The van der Waals surface area contributed by atoms with E-state index in [-0.39, 0.29) is 24.1 Å². The number of hydrogen-bond acceptors (Lipinski definition) is 6. The Morgan fingerprint density at radius 3 is 2.73 bits per heavy atom. The normalized spacial score (nSPS) is 12.1. The van der Waals surface area contributed by atoms with E-state index in [2.05, 4.69) is 34.5 Å². The summed E-state index contributed by atoms with van der Waals surface area (Å²) < 4.78 is 8.29. The lowest BCUT2D eigenvalue weighted by atomic mass is 10.0. The summed E-state index contributed by atoms with van der Waals surface area (Å²) in [4.78, 5) is 25.3. The van der Waals surface area contributed by atoms with E-state index in [1.54, 1.807) is 13.2 Å². The third-order valence-electron chi connectivity index (χ3n) is 5.22. The highest BCUT2D eigenvalue weighted by molar-refractivity contribution is 5.76. The van der Waals surface area contributed by atoms with Crippen molar-refractivity contribution in [2.75, 3.05) is 7.11 Å². The van der Waals surface area contributed by atoms with Crippen LogP contribution in [0.15, 0.2) is 65.6 Å². The van der Waals surface area contributed by atoms with E-state index in [9.17, 15) is 9.59 Å². The standard InChI is InChI=1S/C24H26N6O3/c1-16(2)13-20(24-27-26-21-9-4-5-12-29(21)24)25-22(31)15-30-23(32)11-10-19(28-30)17-7-6-8-18(14-17)33-3/h4-12,14,16,20H,13,15H2,1-3H3,(H,25,31). The van der Waals surface area contributed by atoms with Gasteiger partial charge in [-0.15, -0.1) is 10.2 Å². The number of amides is 1. The maximum atomic E-state index is 12.9. The third-order valence-corrected chi connectivity index (χ3v) is 5.22. The van der Waals surface area contributed by atoms with Crippen LogP contribution in [0.1, 0.15) is 32.1 Å². The second-order valence-electron chi connectivity index (χ2n) is 8.18. The Morgan fingerprint density at radius 2 is 1.94 bits per heavy atom. The van der Waals surface area contributed by atoms with E-state index in [0.29, 0.717) is 35.3 Å². The van der Waals surface area contributed by atoms with Crippen LogP contribution in [-0.2, 0) is 11.3 Å². The van der Waals surface area contributed by atoms with Crippen molar-refractivity contribution in [2.45, 2.75) is 32.9 Å². The minimum Gasteiger partial charge on any atom is -0.497 e. The van der Waals surface area contributed by atoms with E-state index in [1.165, 1.54) is 10.7 Å². The number of carbonyl (C=O) groups is 1. The molecular weight excluding hydrogens is 420 g/mol. The number of hydrogen-bond donors (Lipinski definition) is 1. The summed E-state index contributed by atoms with van der Waals surface area (Å²) in [5, 5.41) is 15.9. The van der Waals surface area contributed by atoms with E-state index < -0.39 is 0 Å². The van der Waals surface area contributed by atoms with Gasteiger partial charge in [-0.25, -0.2) is 4.68 Å². The third kappa shape index (κ3) is 5.08. The molecule has 170 valence electrons. The predicted octanol–water partition coefficient (Wildman–Crippen LogP) is 2.87. The lowest BCUT2D eigenvalue weighted by molar-refractivity contribution is -0.122. The van der Waals surface area contributed by atoms with Crippen LogP contribution in [0.2, 0.25) is 0 Å². The highest BCUT2D eigenvalue weighted by Crippen LogP contribution is 2.22. The van der Waals surface area contributed by atoms with Crippen molar-refractivity contribution in [2.24, 2.45) is 5.92 Å². The highest BCUT2D eigenvalue weighted by atomic mass is 16.5. The van der Waals surface area contributed by atoms with Gasteiger partial charge in [-0.05, 0) is 42.7 Å². The lowest BCUT2D eigenvalue weighted by Crippen LogP contribution is -2.36. The maximum absolute atomic E-state index is 12.9. The minimum atomic E-state index is -0.356. The number of carbonyl (C=O) groups excluding carboxylic acids is 1. The number of pyridine rings is 1. The number of rotatable bonds is 8. The Morgan fingerprint density at radius 1 is 1.09 bits per heavy atom. The molecule has 3 heterocycles. The van der Waals surface area contributed by atoms with Gasteiger partial charge in [-0.2, -0.15) is 5.10 Å². The van der Waals surface area contributed by atoms with Crippen molar-refractivity contribution in [3.8, 4) is 17.0 Å². The molecule has 0 aliphatic carbocycles. The number of benzene rings is 1. The van der Waals surface area contributed by atoms with Gasteiger partial charge in [0.25, 0.3) is 5.56 Å². The number of nitrogens with one attached hydrogen (secondary N) is 1. The number of aromatic nitrogens is 5. The van der Waals surface area contributed by atoms with Crippen LogP contribution in [0.5, 0.6) is 5.75 Å². The van der Waals surface area contributed by atoms with E-state index in [1.807, 2.05) is 53.1 Å². The zero-order valence-corrected chi connectivity index (χ0v) is 18.8. The molecule has 9 nitrogen and oxygen atoms in total. The highest BCUT2D eigenvalue weighted by Gasteiger charge is 2.22. The van der Waals surface area contributed by atoms with Gasteiger partial charge in [0.05, 0.1) is 18.8 Å². The molecule has 0 saturated carbocycles. The number of nitrogens with zero attached hydrogens (tertiary/aromatic N) is 5. The first-order chi connectivity index (χ1) is 15.9. The lowest BCUT2D eigenvalue weighted by Gasteiger charge is -2.19. The van der Waals surface area contributed by atoms with Crippen LogP contribution >= 0.6 is 0 Å². The summed E-state index contributed by atoms with van der Waals surface area (Å²) in [5.41, 5.74) is 1.71. The first-order valence-corrected chi connectivity index (χ1v) is 10.8. The Hall–Kier alpha value is -4.01. The molecule has 0 aliphatic rings. The van der Waals surface area contributed by atoms with Gasteiger partial charge in [0, 0.05) is 17.8 Å². The van der Waals surface area contributed by atoms with Crippen LogP contribution in [0.4, 0.5) is 0 Å². The molecule has 9 heteroatoms. The molecule has 0 spiro atoms. The molecule has 4 aromatic rings. The van der Waals surface area contributed by atoms with Crippen LogP contribution in [0.25, 0.3) is 16.9 Å². The fourth-order valence-corrected chi connectivity index (χ4v) is 3.67. The second-order valence-corrected chi connectivity index (χ2v) is 8.18. The largest absolute Gasteiger partial charge is 0.497 e. The topological polar surface area (TPSA) is 103 Å². The summed E-state index contributed by atoms with van der Waals surface area (Å²) in [6, 6.07) is 15.7. The van der Waals surface area contributed by atoms with Gasteiger partial charge in [-0.3, -0.25) is 14.0 Å². The van der Waals surface area contributed by atoms with Gasteiger partial charge in [0.1, 0.15) is 12.3 Å². The summed E-state index contributed by atoms with van der Waals surface area (Å²) in [7, 11) is 1.59. The molecule has 1 aromatic carbocycles. The van der Waals surface area contributed by atoms with Crippen molar-refractivity contribution in [3.63, 3.8) is 0 Å². The molecule has 1 amide bonds. The molecule has 0 aliphatic heterocycles. The molecular formula is C24H26N6O3. The van der Waals surface area contributed by atoms with Gasteiger partial charge in [0.15, 0.2) is 11.5 Å². The zero-order valence-electron chi connectivity index (χ0n) is 18.8. The fourth-order valence-electron chi connectivity index (χ4n) is 3.67. The van der Waals surface area contributed by atoms with Crippen LogP contribution in [0.3, 0.4) is 0 Å². The molecule has 0 saturated heterocycles. The van der Waals surface area contributed by atoms with E-state index in [4.69, 9.17) is 4.74 Å². The molecule has 0 bridgehead atoms. The SMILES string of the molecule is COc1cccc(-c2ccc(=O)n(CC(=O)NC(CC(C)C)c3nnc4ccccn34)n2)c1. The number of fused-ring (bicyclic) bond motifs is 1. The van der Waals surface area contributed by atoms with Crippen molar-refractivity contribution in [1.82, 2.24) is 29.7 Å². The Balaban J connectivity index is 1.57. The zero-order chi connectivity index (χ0) is 23.4. The second kappa shape index (κ2) is 9.64. The summed E-state index contributed by atoms with van der Waals surface area (Å²) >= 11 is 0. The first kappa shape index (κ1) is 22.2. The van der Waals surface area contributed by atoms with Gasteiger partial charge in [0.2, 0.25) is 5.91 Å². The van der Waals surface area contributed by atoms with Gasteiger partial charge >= 0.3 is 0 Å². The predicted molar refractivity (Wildman–Crippen MR) is 124 cm³/mol. The van der Waals surface area contributed by atoms with Crippen molar-refractivity contribution in [1.29, 1.82) is 0 Å². The van der Waals surface area contributed by atoms with Crippen LogP contribution < -0.4 is 15.6 Å². The molecule has 3 aromatic heterocycles. The average molecular weight is 447 g/mol. The number of methoxy groups -OCH3 is 1. The molecule has 1 N–H and O–H groups in total. The smallest absolute Gasteiger partial charge is 0.267 e. The monoisotopic (exact) mass is 446 g/mol. The number of ether oxygens (including phenoxy) is 1.